The van der Waals surface area contributed by atoms with Crippen molar-refractivity contribution in [2.75, 3.05) is 13.2 Å². The van der Waals surface area contributed by atoms with Crippen molar-refractivity contribution in [3.05, 3.63) is 0 Å². The summed E-state index contributed by atoms with van der Waals surface area (Å²) in [6, 6.07) is 2.36. The average Bonchev–Trinajstić information content (AvgIpc) is 2.15. The number of ether oxygens (including phenoxy) is 1. The van der Waals surface area contributed by atoms with Crippen LogP contribution in [0.3, 0.4) is 0 Å². The number of aliphatic hydroxyl groups is 1. The monoisotopic (exact) mass is 225 g/mol. The second-order valence-electron chi connectivity index (χ2n) is 5.89. The molecule has 1 saturated carbocycles. The number of aliphatic hydroxyl groups excluding tert-OH is 1. The third kappa shape index (κ3) is 3.47. The van der Waals surface area contributed by atoms with E-state index in [2.05, 4.69) is 26.8 Å². The van der Waals surface area contributed by atoms with E-state index in [1.807, 2.05) is 0 Å². The van der Waals surface area contributed by atoms with Gasteiger partial charge in [0.1, 0.15) is 0 Å². The van der Waals surface area contributed by atoms with Crippen LogP contribution in [0.5, 0.6) is 0 Å². The number of nitriles is 1. The normalized spacial score (nSPS) is 33.3. The number of rotatable bonds is 4. The van der Waals surface area contributed by atoms with Crippen LogP contribution in [0.15, 0.2) is 0 Å². The molecule has 1 aliphatic carbocycles. The highest BCUT2D eigenvalue weighted by molar-refractivity contribution is 5.08. The molecule has 0 heterocycles. The molecule has 0 spiro atoms. The molecule has 92 valence electrons. The molecule has 0 aromatic carbocycles. The first-order valence-electron chi connectivity index (χ1n) is 6.09. The summed E-state index contributed by atoms with van der Waals surface area (Å²) >= 11 is 0. The van der Waals surface area contributed by atoms with E-state index in [9.17, 15) is 5.26 Å². The molecule has 1 N–H and O–H groups in total. The highest BCUT2D eigenvalue weighted by atomic mass is 16.5. The van der Waals surface area contributed by atoms with Gasteiger partial charge in [-0.1, -0.05) is 20.8 Å². The van der Waals surface area contributed by atoms with Crippen molar-refractivity contribution >= 4 is 0 Å². The van der Waals surface area contributed by atoms with Gasteiger partial charge in [-0.3, -0.25) is 0 Å². The van der Waals surface area contributed by atoms with Crippen molar-refractivity contribution in [3.8, 4) is 6.07 Å². The lowest BCUT2D eigenvalue weighted by atomic mass is 9.66. The predicted molar refractivity (Wildman–Crippen MR) is 62.8 cm³/mol. The molecule has 1 fully saturated rings. The Hall–Kier alpha value is -0.590. The zero-order valence-electron chi connectivity index (χ0n) is 10.6. The zero-order chi connectivity index (χ0) is 12.2. The smallest absolute Gasteiger partial charge is 0.154 e. The van der Waals surface area contributed by atoms with Gasteiger partial charge in [0, 0.05) is 6.61 Å². The minimum Gasteiger partial charge on any atom is -0.396 e. The third-order valence-electron chi connectivity index (χ3n) is 3.23. The molecule has 0 bridgehead atoms. The predicted octanol–water partition coefficient (Wildman–Crippen LogP) is 2.49. The summed E-state index contributed by atoms with van der Waals surface area (Å²) in [6.07, 6.45) is 3.38. The molecule has 0 aliphatic heterocycles. The van der Waals surface area contributed by atoms with E-state index in [4.69, 9.17) is 9.84 Å². The second kappa shape index (κ2) is 5.16. The Balaban J connectivity index is 2.67. The maximum Gasteiger partial charge on any atom is 0.154 e. The Labute approximate surface area is 98.4 Å². The van der Waals surface area contributed by atoms with Gasteiger partial charge in [-0.15, -0.1) is 0 Å². The van der Waals surface area contributed by atoms with Crippen molar-refractivity contribution in [1.29, 1.82) is 5.26 Å². The van der Waals surface area contributed by atoms with Crippen LogP contribution >= 0.6 is 0 Å². The van der Waals surface area contributed by atoms with Crippen LogP contribution in [0, 0.1) is 22.7 Å². The van der Waals surface area contributed by atoms with E-state index in [1.54, 1.807) is 0 Å². The molecule has 1 aliphatic rings. The standard InChI is InChI=1S/C13H23NO2/c1-11-7-12(2,3)9-13(8-11,10-14)16-6-4-5-15/h11,15H,4-9H2,1-3H3. The quantitative estimate of drug-likeness (QED) is 0.748. The number of hydrogen-bond acceptors (Lipinski definition) is 3. The number of hydrogen-bond donors (Lipinski definition) is 1. The number of nitrogens with zero attached hydrogens (tertiary/aromatic N) is 1. The molecule has 2 atom stereocenters. The van der Waals surface area contributed by atoms with Crippen LogP contribution < -0.4 is 0 Å². The fourth-order valence-electron chi connectivity index (χ4n) is 3.06. The Morgan fingerprint density at radius 2 is 2.12 bits per heavy atom. The molecule has 3 nitrogen and oxygen atoms in total. The van der Waals surface area contributed by atoms with Crippen LogP contribution in [-0.4, -0.2) is 23.9 Å². The Bertz CT molecular complexity index is 270. The van der Waals surface area contributed by atoms with E-state index in [-0.39, 0.29) is 12.0 Å². The van der Waals surface area contributed by atoms with Gasteiger partial charge in [0.15, 0.2) is 5.60 Å². The lowest BCUT2D eigenvalue weighted by Crippen LogP contribution is -2.43. The van der Waals surface area contributed by atoms with Crippen molar-refractivity contribution in [1.82, 2.24) is 0 Å². The van der Waals surface area contributed by atoms with Crippen molar-refractivity contribution in [2.45, 2.75) is 52.1 Å². The summed E-state index contributed by atoms with van der Waals surface area (Å²) in [7, 11) is 0. The topological polar surface area (TPSA) is 53.2 Å². The summed E-state index contributed by atoms with van der Waals surface area (Å²) in [4.78, 5) is 0. The minimum absolute atomic E-state index is 0.125. The van der Waals surface area contributed by atoms with E-state index < -0.39 is 5.60 Å². The lowest BCUT2D eigenvalue weighted by Gasteiger charge is -2.43. The molecular formula is C13H23NO2. The highest BCUT2D eigenvalue weighted by Gasteiger charge is 2.43. The first-order valence-corrected chi connectivity index (χ1v) is 6.09. The summed E-state index contributed by atoms with van der Waals surface area (Å²) in [5, 5.41) is 18.1. The average molecular weight is 225 g/mol. The van der Waals surface area contributed by atoms with Gasteiger partial charge in [0.2, 0.25) is 0 Å². The SMILES string of the molecule is CC1CC(C)(C)CC(C#N)(OCCCO)C1. The van der Waals surface area contributed by atoms with Gasteiger partial charge >= 0.3 is 0 Å². The lowest BCUT2D eigenvalue weighted by molar-refractivity contribution is -0.0758. The summed E-state index contributed by atoms with van der Waals surface area (Å²) in [6.45, 7) is 7.18. The van der Waals surface area contributed by atoms with Crippen molar-refractivity contribution < 1.29 is 9.84 Å². The minimum atomic E-state index is -0.629. The first-order chi connectivity index (χ1) is 7.43. The maximum atomic E-state index is 9.35. The molecular weight excluding hydrogens is 202 g/mol. The van der Waals surface area contributed by atoms with E-state index >= 15 is 0 Å². The van der Waals surface area contributed by atoms with Crippen LogP contribution in [0.1, 0.15) is 46.5 Å². The van der Waals surface area contributed by atoms with Crippen LogP contribution in [-0.2, 0) is 4.74 Å². The molecule has 3 heteroatoms. The van der Waals surface area contributed by atoms with Gasteiger partial charge in [-0.05, 0) is 37.0 Å². The van der Waals surface area contributed by atoms with Crippen molar-refractivity contribution in [2.24, 2.45) is 11.3 Å². The van der Waals surface area contributed by atoms with Gasteiger partial charge in [0.25, 0.3) is 0 Å². The van der Waals surface area contributed by atoms with Crippen LogP contribution in [0.4, 0.5) is 0 Å². The van der Waals surface area contributed by atoms with Crippen LogP contribution in [0.2, 0.25) is 0 Å². The Kier molecular flexibility index (Phi) is 4.35. The molecule has 0 radical (unpaired) electrons. The second-order valence-corrected chi connectivity index (χ2v) is 5.89. The van der Waals surface area contributed by atoms with E-state index in [1.165, 1.54) is 0 Å². The summed E-state index contributed by atoms with van der Waals surface area (Å²) in [5.74, 6) is 0.525. The van der Waals surface area contributed by atoms with E-state index in [0.717, 1.165) is 19.3 Å². The van der Waals surface area contributed by atoms with Gasteiger partial charge in [0.05, 0.1) is 12.7 Å². The van der Waals surface area contributed by atoms with Crippen LogP contribution in [0.25, 0.3) is 0 Å². The largest absolute Gasteiger partial charge is 0.396 e. The van der Waals surface area contributed by atoms with Crippen molar-refractivity contribution in [3.63, 3.8) is 0 Å². The molecule has 0 saturated heterocycles. The Morgan fingerprint density at radius 3 is 2.62 bits per heavy atom. The zero-order valence-corrected chi connectivity index (χ0v) is 10.6. The summed E-state index contributed by atoms with van der Waals surface area (Å²) < 4.78 is 5.75. The fourth-order valence-corrected chi connectivity index (χ4v) is 3.06. The molecule has 0 aromatic rings. The van der Waals surface area contributed by atoms with Gasteiger partial charge < -0.3 is 9.84 Å². The molecule has 2 unspecified atom stereocenters. The molecule has 0 aromatic heterocycles. The first kappa shape index (κ1) is 13.5. The fraction of sp³-hybridized carbons (Fsp3) is 0.923. The Morgan fingerprint density at radius 1 is 1.44 bits per heavy atom. The summed E-state index contributed by atoms with van der Waals surface area (Å²) in [5.41, 5.74) is -0.455. The van der Waals surface area contributed by atoms with E-state index in [0.29, 0.717) is 18.9 Å². The molecule has 16 heavy (non-hydrogen) atoms. The van der Waals surface area contributed by atoms with Gasteiger partial charge in [-0.2, -0.15) is 5.26 Å². The van der Waals surface area contributed by atoms with Gasteiger partial charge in [-0.25, -0.2) is 0 Å². The maximum absolute atomic E-state index is 9.35. The molecule has 0 amide bonds. The highest BCUT2D eigenvalue weighted by Crippen LogP contribution is 2.45. The molecule has 1 rings (SSSR count). The third-order valence-corrected chi connectivity index (χ3v) is 3.23.